The zero-order valence-corrected chi connectivity index (χ0v) is 32.6. The number of sulfone groups is 1. The number of halogens is 4. The van der Waals surface area contributed by atoms with Crippen molar-refractivity contribution in [1.29, 1.82) is 0 Å². The van der Waals surface area contributed by atoms with Gasteiger partial charge >= 0.3 is 5.51 Å². The molecule has 3 atom stereocenters. The molecule has 0 spiro atoms. The van der Waals surface area contributed by atoms with Crippen molar-refractivity contribution in [3.63, 3.8) is 0 Å². The fourth-order valence-corrected chi connectivity index (χ4v) is 9.58. The molecule has 4 N–H and O–H groups in total. The lowest BCUT2D eigenvalue weighted by Crippen LogP contribution is -2.35. The molecule has 0 bridgehead atoms. The van der Waals surface area contributed by atoms with E-state index in [2.05, 4.69) is 28.2 Å². The van der Waals surface area contributed by atoms with Crippen LogP contribution in [0.25, 0.3) is 11.1 Å². The summed E-state index contributed by atoms with van der Waals surface area (Å²) in [4.78, 5) is 13.0. The second-order valence-corrected chi connectivity index (χ2v) is 18.3. The maximum absolute atomic E-state index is 13.7. The Labute approximate surface area is 328 Å². The fourth-order valence-electron chi connectivity index (χ4n) is 7.04. The average Bonchev–Trinajstić information content (AvgIpc) is 3.67. The summed E-state index contributed by atoms with van der Waals surface area (Å²) in [5.41, 5.74) is -2.76. The molecule has 6 rings (SSSR count). The van der Waals surface area contributed by atoms with Crippen molar-refractivity contribution < 1.29 is 39.9 Å². The molecule has 2 saturated heterocycles. The monoisotopic (exact) mass is 836 g/mol. The lowest BCUT2D eigenvalue weighted by atomic mass is 9.84. The number of nitrogens with one attached hydrogen (secondary N) is 3. The van der Waals surface area contributed by atoms with Crippen molar-refractivity contribution in [2.24, 2.45) is 5.92 Å². The summed E-state index contributed by atoms with van der Waals surface area (Å²) in [7, 11) is -10.8. The summed E-state index contributed by atoms with van der Waals surface area (Å²) in [5.74, 6) is -1.07. The van der Waals surface area contributed by atoms with Crippen molar-refractivity contribution in [2.45, 2.75) is 64.9 Å². The quantitative estimate of drug-likeness (QED) is 0.0741. The molecule has 0 radical (unpaired) electrons. The van der Waals surface area contributed by atoms with E-state index in [-0.39, 0.29) is 17.5 Å². The minimum Gasteiger partial charge on any atom is -0.388 e. The van der Waals surface area contributed by atoms with Gasteiger partial charge in [-0.15, -0.1) is 0 Å². The molecular formula is C38H40ClF3N4O6S3. The zero-order chi connectivity index (χ0) is 39.5. The number of hydrogen-bond donors (Lipinski definition) is 5. The highest BCUT2D eigenvalue weighted by Gasteiger charge is 2.48. The lowest BCUT2D eigenvalue weighted by molar-refractivity contribution is -0.0435. The number of thiol groups is 1. The Kier molecular flexibility index (Phi) is 12.4. The van der Waals surface area contributed by atoms with Gasteiger partial charge in [0.2, 0.25) is 0 Å². The number of rotatable bonds is 12. The smallest absolute Gasteiger partial charge is 0.388 e. The Hall–Kier alpha value is -3.80. The summed E-state index contributed by atoms with van der Waals surface area (Å²) < 4.78 is 94.6. The van der Waals surface area contributed by atoms with E-state index in [1.807, 2.05) is 53.3 Å². The number of aliphatic hydroxyl groups is 1. The van der Waals surface area contributed by atoms with Crippen LogP contribution in [0.2, 0.25) is 5.02 Å². The van der Waals surface area contributed by atoms with Gasteiger partial charge in [-0.3, -0.25) is 4.79 Å². The van der Waals surface area contributed by atoms with Gasteiger partial charge in [-0.2, -0.15) is 25.8 Å². The molecule has 2 heterocycles. The highest BCUT2D eigenvalue weighted by atomic mass is 35.5. The van der Waals surface area contributed by atoms with E-state index in [9.17, 15) is 39.9 Å². The predicted molar refractivity (Wildman–Crippen MR) is 210 cm³/mol. The van der Waals surface area contributed by atoms with Gasteiger partial charge in [-0.1, -0.05) is 48.0 Å². The number of aliphatic hydroxyl groups excluding tert-OH is 1. The normalized spacial score (nSPS) is 18.1. The second-order valence-electron chi connectivity index (χ2n) is 13.6. The highest BCUT2D eigenvalue weighted by molar-refractivity contribution is 7.92. The van der Waals surface area contributed by atoms with Gasteiger partial charge in [0.25, 0.3) is 25.8 Å². The Balaban J connectivity index is 1.11. The van der Waals surface area contributed by atoms with Gasteiger partial charge in [0.05, 0.1) is 22.1 Å². The zero-order valence-electron chi connectivity index (χ0n) is 29.3. The molecule has 2 aliphatic rings. The molecule has 0 aliphatic carbocycles. The third-order valence-corrected chi connectivity index (χ3v) is 13.4. The molecule has 0 saturated carbocycles. The average molecular weight is 837 g/mol. The van der Waals surface area contributed by atoms with E-state index in [1.165, 1.54) is 12.1 Å². The Morgan fingerprint density at radius 1 is 0.945 bits per heavy atom. The molecule has 2 fully saturated rings. The summed E-state index contributed by atoms with van der Waals surface area (Å²) in [6, 6.07) is 23.6. The molecule has 2 aliphatic heterocycles. The number of sulfonamides is 1. The molecule has 0 aromatic heterocycles. The van der Waals surface area contributed by atoms with Gasteiger partial charge < -0.3 is 20.6 Å². The first kappa shape index (κ1) is 40.9. The Morgan fingerprint density at radius 3 is 2.25 bits per heavy atom. The topological polar surface area (TPSA) is 145 Å². The Bertz CT molecular complexity index is 2210. The van der Waals surface area contributed by atoms with Crippen LogP contribution in [0.15, 0.2) is 101 Å². The molecule has 1 amide bonds. The first-order valence-electron chi connectivity index (χ1n) is 17.6. The van der Waals surface area contributed by atoms with Crippen LogP contribution in [0.5, 0.6) is 0 Å². The minimum atomic E-state index is -6.01. The predicted octanol–water partition coefficient (Wildman–Crippen LogP) is 7.18. The molecule has 4 aromatic rings. The third-order valence-electron chi connectivity index (χ3n) is 9.99. The molecule has 17 heteroatoms. The van der Waals surface area contributed by atoms with Crippen LogP contribution < -0.4 is 20.3 Å². The van der Waals surface area contributed by atoms with E-state index < -0.39 is 58.2 Å². The maximum atomic E-state index is 13.7. The van der Waals surface area contributed by atoms with Gasteiger partial charge in [0.1, 0.15) is 4.90 Å². The van der Waals surface area contributed by atoms with Crippen LogP contribution in [0, 0.1) is 5.92 Å². The van der Waals surface area contributed by atoms with Crippen LogP contribution in [-0.2, 0) is 19.9 Å². The van der Waals surface area contributed by atoms with Crippen LogP contribution in [0.1, 0.15) is 54.1 Å². The summed E-state index contributed by atoms with van der Waals surface area (Å²) in [6.07, 6.45) is 2.77. The van der Waals surface area contributed by atoms with Crippen molar-refractivity contribution in [3.05, 3.63) is 107 Å². The number of amides is 1. The van der Waals surface area contributed by atoms with Gasteiger partial charge in [0, 0.05) is 35.4 Å². The van der Waals surface area contributed by atoms with E-state index >= 15 is 0 Å². The van der Waals surface area contributed by atoms with Crippen molar-refractivity contribution in [2.75, 3.05) is 29.9 Å². The van der Waals surface area contributed by atoms with Crippen molar-refractivity contribution in [1.82, 2.24) is 10.0 Å². The number of nitrogens with zero attached hydrogens (tertiary/aromatic N) is 1. The number of carbonyl (C=O) groups excluding carboxylic acids is 1. The van der Waals surface area contributed by atoms with Gasteiger partial charge in [-0.05, 0) is 116 Å². The Morgan fingerprint density at radius 2 is 1.62 bits per heavy atom. The van der Waals surface area contributed by atoms with Crippen LogP contribution in [0.3, 0.4) is 0 Å². The summed E-state index contributed by atoms with van der Waals surface area (Å²) >= 11 is 10.4. The van der Waals surface area contributed by atoms with Crippen molar-refractivity contribution in [3.8, 4) is 11.1 Å². The SMILES string of the molecule is O=C(NS(=O)(=O)c1ccc(N[C@H](S)C[C@H]2CCCN2)c(S(=O)(=O)C(F)(F)F)c1)c1ccc(N2CCC([C@@H](O)c3ccccc3-c3ccc(Cl)cc3)CC2)cc1. The highest BCUT2D eigenvalue weighted by Crippen LogP contribution is 2.39. The van der Waals surface area contributed by atoms with E-state index in [0.717, 1.165) is 53.9 Å². The number of anilines is 2. The first-order chi connectivity index (χ1) is 26.0. The maximum Gasteiger partial charge on any atom is 0.501 e. The largest absolute Gasteiger partial charge is 0.501 e. The number of hydrogen-bond acceptors (Lipinski definition) is 10. The van der Waals surface area contributed by atoms with E-state index in [4.69, 9.17) is 11.6 Å². The first-order valence-corrected chi connectivity index (χ1v) is 21.5. The van der Waals surface area contributed by atoms with Crippen LogP contribution in [0.4, 0.5) is 24.5 Å². The fraction of sp³-hybridized carbons (Fsp3) is 0.342. The van der Waals surface area contributed by atoms with E-state index in [0.29, 0.717) is 43.4 Å². The third kappa shape index (κ3) is 9.43. The molecule has 4 aromatic carbocycles. The molecule has 55 heavy (non-hydrogen) atoms. The molecule has 0 unspecified atom stereocenters. The molecule has 294 valence electrons. The van der Waals surface area contributed by atoms with Crippen molar-refractivity contribution >= 4 is 61.4 Å². The van der Waals surface area contributed by atoms with Crippen LogP contribution in [-0.4, -0.2) is 64.4 Å². The standard InChI is InChI=1S/C38H40ClF3N4O6S3/c39-27-11-7-24(8-12-27)31-5-1-2-6-32(31)36(47)25-17-20-46(21-18-25)29-13-9-26(10-14-29)37(48)45-55(51,52)30-15-16-33(34(23-30)54(49,50)38(40,41)42)44-35(53)22-28-4-3-19-43-28/h1-2,5-16,23,25,28,35-36,43-44,47,53H,3-4,17-22H2,(H,45,48)/t28-,35-,36-/m1/s1. The molecule has 10 nitrogen and oxygen atoms in total. The molecular weight excluding hydrogens is 797 g/mol. The second kappa shape index (κ2) is 16.7. The van der Waals surface area contributed by atoms with Crippen LogP contribution >= 0.6 is 24.2 Å². The summed E-state index contributed by atoms with van der Waals surface area (Å²) in [6.45, 7) is 2.00. The number of alkyl halides is 3. The number of piperidine rings is 1. The lowest BCUT2D eigenvalue weighted by Gasteiger charge is -2.36. The van der Waals surface area contributed by atoms with Gasteiger partial charge in [0.15, 0.2) is 0 Å². The minimum absolute atomic E-state index is 0.00927. The van der Waals surface area contributed by atoms with E-state index in [1.54, 1.807) is 12.1 Å². The van der Waals surface area contributed by atoms with Gasteiger partial charge in [-0.25, -0.2) is 21.6 Å². The number of carbonyl (C=O) groups is 1. The summed E-state index contributed by atoms with van der Waals surface area (Å²) in [5, 5.41) is 17.2. The number of benzene rings is 4.